The normalized spacial score (nSPS) is 31.8. The summed E-state index contributed by atoms with van der Waals surface area (Å²) < 4.78 is 5.97. The zero-order valence-electron chi connectivity index (χ0n) is 10.6. The van der Waals surface area contributed by atoms with Gasteiger partial charge in [0.1, 0.15) is 0 Å². The molecule has 0 aromatic carbocycles. The SMILES string of the molecule is CCCOC1CC(CC)CCC1NCC. The lowest BCUT2D eigenvalue weighted by molar-refractivity contribution is -0.00969. The lowest BCUT2D eigenvalue weighted by Gasteiger charge is -2.36. The minimum atomic E-state index is 0.462. The minimum Gasteiger partial charge on any atom is -0.377 e. The quantitative estimate of drug-likeness (QED) is 0.732. The van der Waals surface area contributed by atoms with E-state index in [0.29, 0.717) is 12.1 Å². The highest BCUT2D eigenvalue weighted by Crippen LogP contribution is 2.28. The van der Waals surface area contributed by atoms with Crippen LogP contribution in [0.5, 0.6) is 0 Å². The Bertz CT molecular complexity index is 161. The van der Waals surface area contributed by atoms with Gasteiger partial charge < -0.3 is 10.1 Å². The van der Waals surface area contributed by atoms with Crippen LogP contribution >= 0.6 is 0 Å². The first-order valence-electron chi connectivity index (χ1n) is 6.66. The van der Waals surface area contributed by atoms with E-state index in [4.69, 9.17) is 4.74 Å². The van der Waals surface area contributed by atoms with Gasteiger partial charge in [-0.25, -0.2) is 0 Å². The fraction of sp³-hybridized carbons (Fsp3) is 1.00. The average molecular weight is 213 g/mol. The van der Waals surface area contributed by atoms with Crippen LogP contribution < -0.4 is 5.32 Å². The van der Waals surface area contributed by atoms with E-state index in [0.717, 1.165) is 25.5 Å². The Morgan fingerprint density at radius 1 is 1.20 bits per heavy atom. The van der Waals surface area contributed by atoms with Crippen molar-refractivity contribution in [1.82, 2.24) is 5.32 Å². The lowest BCUT2D eigenvalue weighted by Crippen LogP contribution is -2.45. The molecule has 3 unspecified atom stereocenters. The molecule has 1 rings (SSSR count). The van der Waals surface area contributed by atoms with E-state index >= 15 is 0 Å². The zero-order chi connectivity index (χ0) is 11.1. The maximum absolute atomic E-state index is 5.97. The summed E-state index contributed by atoms with van der Waals surface area (Å²) in [5, 5.41) is 3.56. The molecular formula is C13H27NO. The molecule has 2 heteroatoms. The lowest BCUT2D eigenvalue weighted by atomic mass is 9.82. The zero-order valence-corrected chi connectivity index (χ0v) is 10.6. The number of ether oxygens (including phenoxy) is 1. The van der Waals surface area contributed by atoms with Gasteiger partial charge in [-0.2, -0.15) is 0 Å². The fourth-order valence-corrected chi connectivity index (χ4v) is 2.53. The maximum atomic E-state index is 5.97. The van der Waals surface area contributed by atoms with Crippen LogP contribution in [0, 0.1) is 5.92 Å². The van der Waals surface area contributed by atoms with Crippen molar-refractivity contribution in [3.63, 3.8) is 0 Å². The highest BCUT2D eigenvalue weighted by atomic mass is 16.5. The molecule has 3 atom stereocenters. The summed E-state index contributed by atoms with van der Waals surface area (Å²) in [7, 11) is 0. The molecule has 0 amide bonds. The molecule has 0 spiro atoms. The molecule has 90 valence electrons. The molecule has 1 aliphatic carbocycles. The van der Waals surface area contributed by atoms with E-state index < -0.39 is 0 Å². The van der Waals surface area contributed by atoms with Crippen molar-refractivity contribution in [1.29, 1.82) is 0 Å². The minimum absolute atomic E-state index is 0.462. The second-order valence-corrected chi connectivity index (χ2v) is 4.66. The van der Waals surface area contributed by atoms with Crippen molar-refractivity contribution in [3.8, 4) is 0 Å². The van der Waals surface area contributed by atoms with Crippen LogP contribution in [-0.2, 0) is 4.74 Å². The second kappa shape index (κ2) is 7.24. The van der Waals surface area contributed by atoms with Gasteiger partial charge in [-0.15, -0.1) is 0 Å². The first-order valence-corrected chi connectivity index (χ1v) is 6.66. The molecular weight excluding hydrogens is 186 g/mol. The molecule has 0 aliphatic heterocycles. The Morgan fingerprint density at radius 2 is 2.00 bits per heavy atom. The molecule has 0 bridgehead atoms. The number of nitrogens with one attached hydrogen (secondary N) is 1. The van der Waals surface area contributed by atoms with Crippen LogP contribution in [0.4, 0.5) is 0 Å². The maximum Gasteiger partial charge on any atom is 0.0730 e. The van der Waals surface area contributed by atoms with Crippen LogP contribution in [0.15, 0.2) is 0 Å². The summed E-state index contributed by atoms with van der Waals surface area (Å²) in [6.07, 6.45) is 6.83. The highest BCUT2D eigenvalue weighted by Gasteiger charge is 2.29. The molecule has 1 fully saturated rings. The summed E-state index contributed by atoms with van der Waals surface area (Å²) in [6.45, 7) is 8.65. The summed E-state index contributed by atoms with van der Waals surface area (Å²) >= 11 is 0. The topological polar surface area (TPSA) is 21.3 Å². The molecule has 0 saturated heterocycles. The van der Waals surface area contributed by atoms with E-state index in [1.807, 2.05) is 0 Å². The molecule has 0 aromatic rings. The summed E-state index contributed by atoms with van der Waals surface area (Å²) in [4.78, 5) is 0. The Labute approximate surface area is 94.8 Å². The van der Waals surface area contributed by atoms with Gasteiger partial charge >= 0.3 is 0 Å². The van der Waals surface area contributed by atoms with Crippen LogP contribution in [0.3, 0.4) is 0 Å². The molecule has 1 N–H and O–H groups in total. The third kappa shape index (κ3) is 4.12. The van der Waals surface area contributed by atoms with Gasteiger partial charge in [-0.05, 0) is 38.1 Å². The summed E-state index contributed by atoms with van der Waals surface area (Å²) in [5.41, 5.74) is 0. The first-order chi connectivity index (χ1) is 7.31. The van der Waals surface area contributed by atoms with Crippen molar-refractivity contribution >= 4 is 0 Å². The smallest absolute Gasteiger partial charge is 0.0730 e. The Morgan fingerprint density at radius 3 is 2.60 bits per heavy atom. The predicted octanol–water partition coefficient (Wildman–Crippen LogP) is 2.97. The van der Waals surface area contributed by atoms with E-state index in [-0.39, 0.29) is 0 Å². The van der Waals surface area contributed by atoms with Gasteiger partial charge in [-0.1, -0.05) is 27.2 Å². The van der Waals surface area contributed by atoms with Crippen molar-refractivity contribution in [2.24, 2.45) is 5.92 Å². The molecule has 0 heterocycles. The number of likely N-dealkylation sites (N-methyl/N-ethyl adjacent to an activating group) is 1. The fourth-order valence-electron chi connectivity index (χ4n) is 2.53. The van der Waals surface area contributed by atoms with E-state index in [1.54, 1.807) is 0 Å². The predicted molar refractivity (Wildman–Crippen MR) is 65.1 cm³/mol. The van der Waals surface area contributed by atoms with Crippen molar-refractivity contribution < 1.29 is 4.74 Å². The van der Waals surface area contributed by atoms with Gasteiger partial charge in [0.2, 0.25) is 0 Å². The summed E-state index contributed by atoms with van der Waals surface area (Å²) in [5.74, 6) is 0.891. The Kier molecular flexibility index (Phi) is 6.26. The molecule has 0 radical (unpaired) electrons. The van der Waals surface area contributed by atoms with Crippen molar-refractivity contribution in [3.05, 3.63) is 0 Å². The molecule has 15 heavy (non-hydrogen) atoms. The first kappa shape index (κ1) is 13.0. The van der Waals surface area contributed by atoms with E-state index in [9.17, 15) is 0 Å². The van der Waals surface area contributed by atoms with Crippen LogP contribution in [0.2, 0.25) is 0 Å². The van der Waals surface area contributed by atoms with Gasteiger partial charge in [0.15, 0.2) is 0 Å². The standard InChI is InChI=1S/C13H27NO/c1-4-9-15-13-10-11(5-2)7-8-12(13)14-6-3/h11-14H,4-10H2,1-3H3. The van der Waals surface area contributed by atoms with Gasteiger partial charge in [0.05, 0.1) is 6.10 Å². The Hall–Kier alpha value is -0.0800. The number of rotatable bonds is 6. The second-order valence-electron chi connectivity index (χ2n) is 4.66. The van der Waals surface area contributed by atoms with Crippen molar-refractivity contribution in [2.75, 3.05) is 13.2 Å². The largest absolute Gasteiger partial charge is 0.377 e. The monoisotopic (exact) mass is 213 g/mol. The summed E-state index contributed by atoms with van der Waals surface area (Å²) in [6, 6.07) is 0.601. The van der Waals surface area contributed by atoms with E-state index in [2.05, 4.69) is 26.1 Å². The van der Waals surface area contributed by atoms with Crippen LogP contribution in [0.1, 0.15) is 52.9 Å². The van der Waals surface area contributed by atoms with Gasteiger partial charge in [0, 0.05) is 12.6 Å². The number of hydrogen-bond donors (Lipinski definition) is 1. The highest BCUT2D eigenvalue weighted by molar-refractivity contribution is 4.85. The third-order valence-corrected chi connectivity index (χ3v) is 3.48. The van der Waals surface area contributed by atoms with Crippen molar-refractivity contribution in [2.45, 2.75) is 65.0 Å². The molecule has 1 aliphatic rings. The molecule has 1 saturated carbocycles. The molecule has 0 aromatic heterocycles. The average Bonchev–Trinajstić information content (AvgIpc) is 2.28. The third-order valence-electron chi connectivity index (χ3n) is 3.48. The van der Waals surface area contributed by atoms with Crippen LogP contribution in [0.25, 0.3) is 0 Å². The Balaban J connectivity index is 2.40. The number of hydrogen-bond acceptors (Lipinski definition) is 2. The van der Waals surface area contributed by atoms with Gasteiger partial charge in [-0.3, -0.25) is 0 Å². The van der Waals surface area contributed by atoms with E-state index in [1.165, 1.54) is 25.7 Å². The van der Waals surface area contributed by atoms with Crippen LogP contribution in [-0.4, -0.2) is 25.3 Å². The molecule has 2 nitrogen and oxygen atoms in total. The van der Waals surface area contributed by atoms with Gasteiger partial charge in [0.25, 0.3) is 0 Å².